The maximum Gasteiger partial charge on any atom is 0.164 e. The van der Waals surface area contributed by atoms with Crippen molar-refractivity contribution in [1.82, 2.24) is 0 Å². The van der Waals surface area contributed by atoms with Gasteiger partial charge in [0.25, 0.3) is 0 Å². The van der Waals surface area contributed by atoms with Gasteiger partial charge in [-0.25, -0.2) is 4.58 Å². The molecule has 0 saturated carbocycles. The van der Waals surface area contributed by atoms with Gasteiger partial charge in [-0.05, 0) is 12.2 Å². The molecule has 0 atom stereocenters. The summed E-state index contributed by atoms with van der Waals surface area (Å²) in [6.45, 7) is 2.18. The summed E-state index contributed by atoms with van der Waals surface area (Å²) in [5, 5.41) is 0. The van der Waals surface area contributed by atoms with E-state index in [-0.39, 0.29) is 0 Å². The van der Waals surface area contributed by atoms with Crippen LogP contribution in [0, 0.1) is 0 Å². The second-order valence-corrected chi connectivity index (χ2v) is 4.55. The SMILES string of the molecule is CCCCS/C(Cl)=C/C=[N+](C)C. The number of thioether (sulfide) groups is 1. The highest BCUT2D eigenvalue weighted by Gasteiger charge is 1.92. The minimum atomic E-state index is 0.872. The number of unbranched alkanes of at least 4 members (excludes halogenated alkanes) is 1. The summed E-state index contributed by atoms with van der Waals surface area (Å²) >= 11 is 7.64. The molecule has 0 saturated heterocycles. The average molecular weight is 207 g/mol. The molecule has 12 heavy (non-hydrogen) atoms. The lowest BCUT2D eigenvalue weighted by Crippen LogP contribution is -1.95. The van der Waals surface area contributed by atoms with Crippen molar-refractivity contribution < 1.29 is 4.58 Å². The Morgan fingerprint density at radius 3 is 2.67 bits per heavy atom. The first kappa shape index (κ1) is 12.0. The Labute approximate surface area is 84.5 Å². The molecule has 0 spiro atoms. The van der Waals surface area contributed by atoms with Crippen LogP contribution in [0.25, 0.3) is 0 Å². The van der Waals surface area contributed by atoms with E-state index in [1.807, 2.05) is 31.0 Å². The highest BCUT2D eigenvalue weighted by Crippen LogP contribution is 2.20. The lowest BCUT2D eigenvalue weighted by atomic mass is 10.4. The van der Waals surface area contributed by atoms with E-state index >= 15 is 0 Å². The summed E-state index contributed by atoms with van der Waals surface area (Å²) in [5.74, 6) is 1.12. The summed E-state index contributed by atoms with van der Waals surface area (Å²) in [6.07, 6.45) is 6.36. The molecule has 70 valence electrons. The van der Waals surface area contributed by atoms with Crippen LogP contribution in [0.15, 0.2) is 10.4 Å². The summed E-state index contributed by atoms with van der Waals surface area (Å²) in [5.41, 5.74) is 0. The van der Waals surface area contributed by atoms with Gasteiger partial charge in [-0.2, -0.15) is 0 Å². The van der Waals surface area contributed by atoms with Crippen molar-refractivity contribution >= 4 is 29.6 Å². The monoisotopic (exact) mass is 206 g/mol. The van der Waals surface area contributed by atoms with Gasteiger partial charge in [-0.15, -0.1) is 11.8 Å². The Balaban J connectivity index is 3.63. The number of nitrogens with zero attached hydrogens (tertiary/aromatic N) is 1. The molecule has 0 aliphatic rings. The van der Waals surface area contributed by atoms with E-state index < -0.39 is 0 Å². The van der Waals surface area contributed by atoms with Crippen molar-refractivity contribution in [2.75, 3.05) is 19.8 Å². The molecule has 0 radical (unpaired) electrons. The zero-order valence-corrected chi connectivity index (χ0v) is 9.58. The fraction of sp³-hybridized carbons (Fsp3) is 0.667. The largest absolute Gasteiger partial charge is 0.241 e. The summed E-state index contributed by atoms with van der Waals surface area (Å²) in [4.78, 5) is 0. The molecule has 0 aromatic rings. The van der Waals surface area contributed by atoms with Gasteiger partial charge in [0.2, 0.25) is 0 Å². The van der Waals surface area contributed by atoms with E-state index in [9.17, 15) is 0 Å². The van der Waals surface area contributed by atoms with Gasteiger partial charge < -0.3 is 0 Å². The Hall–Kier alpha value is 0.0500. The molecule has 0 aromatic heterocycles. The first-order valence-electron chi connectivity index (χ1n) is 4.16. The molecule has 0 aromatic carbocycles. The lowest BCUT2D eigenvalue weighted by molar-refractivity contribution is -0.458. The predicted octanol–water partition coefficient (Wildman–Crippen LogP) is 2.94. The number of halogens is 1. The van der Waals surface area contributed by atoms with Crippen LogP contribution in [0.5, 0.6) is 0 Å². The standard InChI is InChI=1S/C9H17ClNS/c1-4-5-8-12-9(10)6-7-11(2)3/h6-7H,4-5,8H2,1-3H3/q+1/b9-6+. The molecular weight excluding hydrogens is 190 g/mol. The first-order chi connectivity index (χ1) is 5.66. The van der Waals surface area contributed by atoms with E-state index in [1.165, 1.54) is 12.8 Å². The van der Waals surface area contributed by atoms with Gasteiger partial charge in [0.15, 0.2) is 6.21 Å². The molecule has 0 aliphatic heterocycles. The van der Waals surface area contributed by atoms with E-state index in [0.29, 0.717) is 0 Å². The summed E-state index contributed by atoms with van der Waals surface area (Å²) < 4.78 is 2.85. The molecule has 0 N–H and O–H groups in total. The Morgan fingerprint density at radius 2 is 2.17 bits per heavy atom. The van der Waals surface area contributed by atoms with Gasteiger partial charge in [0.1, 0.15) is 14.1 Å². The third-order valence-corrected chi connectivity index (χ3v) is 2.60. The van der Waals surface area contributed by atoms with E-state index in [1.54, 1.807) is 11.8 Å². The van der Waals surface area contributed by atoms with Crippen molar-refractivity contribution in [1.29, 1.82) is 0 Å². The molecule has 0 heterocycles. The molecular formula is C9H17ClNS+. The molecule has 1 nitrogen and oxygen atoms in total. The molecule has 0 aliphatic carbocycles. The van der Waals surface area contributed by atoms with Crippen LogP contribution in [-0.2, 0) is 0 Å². The fourth-order valence-electron chi connectivity index (χ4n) is 0.570. The molecule has 0 fully saturated rings. The van der Waals surface area contributed by atoms with Crippen LogP contribution < -0.4 is 0 Å². The Morgan fingerprint density at radius 1 is 1.50 bits per heavy atom. The zero-order chi connectivity index (χ0) is 9.40. The Kier molecular flexibility index (Phi) is 7.72. The average Bonchev–Trinajstić information content (AvgIpc) is 2.01. The summed E-state index contributed by atoms with van der Waals surface area (Å²) in [6, 6.07) is 0. The summed E-state index contributed by atoms with van der Waals surface area (Å²) in [7, 11) is 3.97. The second-order valence-electron chi connectivity index (χ2n) is 2.79. The van der Waals surface area contributed by atoms with Gasteiger partial charge >= 0.3 is 0 Å². The van der Waals surface area contributed by atoms with Crippen molar-refractivity contribution in [3.8, 4) is 0 Å². The van der Waals surface area contributed by atoms with Crippen molar-refractivity contribution in [3.63, 3.8) is 0 Å². The predicted molar refractivity (Wildman–Crippen MR) is 59.5 cm³/mol. The number of hydrogen-bond donors (Lipinski definition) is 0. The number of allylic oxidation sites excluding steroid dienone is 1. The molecule has 0 bridgehead atoms. The third-order valence-electron chi connectivity index (χ3n) is 1.24. The van der Waals surface area contributed by atoms with Gasteiger partial charge in [-0.3, -0.25) is 0 Å². The smallest absolute Gasteiger partial charge is 0.164 e. The van der Waals surface area contributed by atoms with Crippen LogP contribution in [-0.4, -0.2) is 30.6 Å². The van der Waals surface area contributed by atoms with Crippen LogP contribution in [0.4, 0.5) is 0 Å². The van der Waals surface area contributed by atoms with Crippen LogP contribution in [0.2, 0.25) is 0 Å². The van der Waals surface area contributed by atoms with E-state index in [2.05, 4.69) is 6.92 Å². The van der Waals surface area contributed by atoms with E-state index in [0.717, 1.165) is 10.1 Å². The zero-order valence-electron chi connectivity index (χ0n) is 8.01. The highest BCUT2D eigenvalue weighted by molar-refractivity contribution is 8.04. The van der Waals surface area contributed by atoms with Gasteiger partial charge in [0, 0.05) is 6.08 Å². The third kappa shape index (κ3) is 8.15. The van der Waals surface area contributed by atoms with Crippen molar-refractivity contribution in [2.24, 2.45) is 0 Å². The molecule has 0 rings (SSSR count). The van der Waals surface area contributed by atoms with Crippen LogP contribution in [0.1, 0.15) is 19.8 Å². The second kappa shape index (κ2) is 7.69. The number of rotatable bonds is 5. The normalized spacial score (nSPS) is 11.5. The minimum absolute atomic E-state index is 0.872. The topological polar surface area (TPSA) is 3.01 Å². The quantitative estimate of drug-likeness (QED) is 0.380. The number of hydrogen-bond acceptors (Lipinski definition) is 1. The molecule has 3 heteroatoms. The highest BCUT2D eigenvalue weighted by atomic mass is 35.5. The fourth-order valence-corrected chi connectivity index (χ4v) is 1.64. The van der Waals surface area contributed by atoms with Crippen molar-refractivity contribution in [3.05, 3.63) is 10.4 Å². The van der Waals surface area contributed by atoms with Crippen LogP contribution in [0.3, 0.4) is 0 Å². The van der Waals surface area contributed by atoms with Gasteiger partial charge in [0.05, 0.1) is 4.36 Å². The van der Waals surface area contributed by atoms with Crippen LogP contribution >= 0.6 is 23.4 Å². The Bertz CT molecular complexity index is 171. The van der Waals surface area contributed by atoms with Gasteiger partial charge in [-0.1, -0.05) is 24.9 Å². The lowest BCUT2D eigenvalue weighted by Gasteiger charge is -1.94. The molecule has 0 unspecified atom stereocenters. The maximum absolute atomic E-state index is 5.93. The first-order valence-corrected chi connectivity index (χ1v) is 5.53. The molecule has 0 amide bonds. The maximum atomic E-state index is 5.93. The minimum Gasteiger partial charge on any atom is -0.241 e. The van der Waals surface area contributed by atoms with E-state index in [4.69, 9.17) is 11.6 Å². The van der Waals surface area contributed by atoms with Crippen molar-refractivity contribution in [2.45, 2.75) is 19.8 Å².